The molecule has 0 aliphatic heterocycles. The van der Waals surface area contributed by atoms with E-state index in [4.69, 9.17) is 5.73 Å². The van der Waals surface area contributed by atoms with Crippen LogP contribution in [-0.4, -0.2) is 25.4 Å². The Balaban J connectivity index is 2.84. The monoisotopic (exact) mass is 329 g/mol. The number of nitrogens with two attached hydrogens (primary N) is 1. The second-order valence-corrected chi connectivity index (χ2v) is 7.87. The Kier molecular flexibility index (Phi) is 6.04. The minimum absolute atomic E-state index is 0.0688. The number of nitro groups is 1. The number of non-ortho nitro benzene ring substituents is 1. The van der Waals surface area contributed by atoms with Gasteiger partial charge in [0.15, 0.2) is 0 Å². The molecule has 1 aromatic carbocycles. The molecule has 1 rings (SSSR count). The lowest BCUT2D eigenvalue weighted by Gasteiger charge is -2.30. The standard InChI is InChI=1S/C14H23N3O4S/c1-11(2)8-14(3,10-15)16-22(20,21)9-12-4-6-13(7-5-12)17(18)19/h4-7,11,16H,8-10,15H2,1-3H3. The van der Waals surface area contributed by atoms with Crippen LogP contribution in [0.25, 0.3) is 0 Å². The third-order valence-electron chi connectivity index (χ3n) is 3.22. The number of hydrogen-bond acceptors (Lipinski definition) is 5. The van der Waals surface area contributed by atoms with Gasteiger partial charge in [-0.2, -0.15) is 0 Å². The van der Waals surface area contributed by atoms with Crippen LogP contribution in [0.1, 0.15) is 32.8 Å². The van der Waals surface area contributed by atoms with Crippen LogP contribution in [0.4, 0.5) is 5.69 Å². The van der Waals surface area contributed by atoms with Crippen molar-refractivity contribution >= 4 is 15.7 Å². The maximum Gasteiger partial charge on any atom is 0.269 e. The van der Waals surface area contributed by atoms with E-state index in [0.717, 1.165) is 0 Å². The summed E-state index contributed by atoms with van der Waals surface area (Å²) in [6, 6.07) is 5.47. The lowest BCUT2D eigenvalue weighted by atomic mass is 9.92. The van der Waals surface area contributed by atoms with Crippen molar-refractivity contribution in [3.05, 3.63) is 39.9 Å². The molecule has 0 spiro atoms. The Morgan fingerprint density at radius 3 is 2.27 bits per heavy atom. The van der Waals surface area contributed by atoms with Crippen LogP contribution < -0.4 is 10.5 Å². The molecular weight excluding hydrogens is 306 g/mol. The first-order valence-electron chi connectivity index (χ1n) is 7.02. The summed E-state index contributed by atoms with van der Waals surface area (Å²) in [5.74, 6) is 0.0641. The second kappa shape index (κ2) is 7.17. The lowest BCUT2D eigenvalue weighted by molar-refractivity contribution is -0.384. The summed E-state index contributed by atoms with van der Waals surface area (Å²) >= 11 is 0. The van der Waals surface area contributed by atoms with E-state index in [2.05, 4.69) is 4.72 Å². The molecule has 0 saturated carbocycles. The maximum absolute atomic E-state index is 12.3. The summed E-state index contributed by atoms with van der Waals surface area (Å²) in [6.07, 6.45) is 0.628. The molecule has 1 atom stereocenters. The van der Waals surface area contributed by atoms with Crippen molar-refractivity contribution in [3.8, 4) is 0 Å². The van der Waals surface area contributed by atoms with Crippen molar-refractivity contribution in [3.63, 3.8) is 0 Å². The molecule has 0 heterocycles. The first-order valence-corrected chi connectivity index (χ1v) is 8.67. The van der Waals surface area contributed by atoms with E-state index < -0.39 is 20.5 Å². The van der Waals surface area contributed by atoms with Gasteiger partial charge in [-0.1, -0.05) is 26.0 Å². The number of sulfonamides is 1. The fourth-order valence-corrected chi connectivity index (χ4v) is 4.03. The normalized spacial score (nSPS) is 14.8. The molecule has 0 bridgehead atoms. The van der Waals surface area contributed by atoms with Crippen molar-refractivity contribution in [2.45, 2.75) is 38.5 Å². The molecule has 0 aliphatic rings. The highest BCUT2D eigenvalue weighted by Crippen LogP contribution is 2.19. The number of benzene rings is 1. The van der Waals surface area contributed by atoms with Crippen molar-refractivity contribution in [2.75, 3.05) is 6.54 Å². The zero-order chi connectivity index (χ0) is 17.0. The third kappa shape index (κ3) is 5.70. The summed E-state index contributed by atoms with van der Waals surface area (Å²) < 4.78 is 27.2. The molecule has 0 fully saturated rings. The predicted molar refractivity (Wildman–Crippen MR) is 85.8 cm³/mol. The van der Waals surface area contributed by atoms with Gasteiger partial charge < -0.3 is 5.73 Å². The number of nitrogens with one attached hydrogen (secondary N) is 1. The van der Waals surface area contributed by atoms with E-state index in [1.165, 1.54) is 24.3 Å². The van der Waals surface area contributed by atoms with Crippen LogP contribution >= 0.6 is 0 Å². The largest absolute Gasteiger partial charge is 0.329 e. The molecule has 124 valence electrons. The Morgan fingerprint density at radius 2 is 1.86 bits per heavy atom. The summed E-state index contributed by atoms with van der Waals surface area (Å²) in [5, 5.41) is 10.6. The lowest BCUT2D eigenvalue weighted by Crippen LogP contribution is -2.52. The van der Waals surface area contributed by atoms with Crippen LogP contribution in [-0.2, 0) is 15.8 Å². The number of hydrogen-bond donors (Lipinski definition) is 2. The third-order valence-corrected chi connectivity index (χ3v) is 4.73. The smallest absolute Gasteiger partial charge is 0.269 e. The van der Waals surface area contributed by atoms with Crippen LogP contribution in [0.2, 0.25) is 0 Å². The Bertz CT molecular complexity index is 613. The van der Waals surface area contributed by atoms with Gasteiger partial charge in [-0.05, 0) is 24.8 Å². The van der Waals surface area contributed by atoms with Crippen molar-refractivity contribution in [2.24, 2.45) is 11.7 Å². The zero-order valence-corrected chi connectivity index (χ0v) is 13.9. The highest BCUT2D eigenvalue weighted by atomic mass is 32.2. The van der Waals surface area contributed by atoms with Gasteiger partial charge in [0.25, 0.3) is 5.69 Å². The molecule has 0 amide bonds. The van der Waals surface area contributed by atoms with Gasteiger partial charge >= 0.3 is 0 Å². The van der Waals surface area contributed by atoms with Crippen molar-refractivity contribution < 1.29 is 13.3 Å². The van der Waals surface area contributed by atoms with Crippen LogP contribution in [0, 0.1) is 16.0 Å². The van der Waals surface area contributed by atoms with E-state index >= 15 is 0 Å². The van der Waals surface area contributed by atoms with E-state index in [1.807, 2.05) is 13.8 Å². The summed E-state index contributed by atoms with van der Waals surface area (Å²) in [4.78, 5) is 10.1. The predicted octanol–water partition coefficient (Wildman–Crippen LogP) is 1.78. The molecule has 1 unspecified atom stereocenters. The van der Waals surface area contributed by atoms with Gasteiger partial charge in [0.1, 0.15) is 0 Å². The van der Waals surface area contributed by atoms with Gasteiger partial charge in [-0.15, -0.1) is 0 Å². The fourth-order valence-electron chi connectivity index (χ4n) is 2.41. The van der Waals surface area contributed by atoms with Gasteiger partial charge in [0, 0.05) is 24.2 Å². The Hall–Kier alpha value is -1.51. The molecule has 3 N–H and O–H groups in total. The average molecular weight is 329 g/mol. The first kappa shape index (κ1) is 18.5. The van der Waals surface area contributed by atoms with Crippen LogP contribution in [0.15, 0.2) is 24.3 Å². The van der Waals surface area contributed by atoms with Crippen LogP contribution in [0.3, 0.4) is 0 Å². The number of rotatable bonds is 8. The molecule has 0 radical (unpaired) electrons. The van der Waals surface area contributed by atoms with E-state index in [0.29, 0.717) is 17.9 Å². The number of nitrogens with zero attached hydrogens (tertiary/aromatic N) is 1. The Labute approximate surface area is 131 Å². The average Bonchev–Trinajstić information content (AvgIpc) is 2.37. The minimum Gasteiger partial charge on any atom is -0.329 e. The summed E-state index contributed by atoms with van der Waals surface area (Å²) in [7, 11) is -3.58. The molecule has 8 heteroatoms. The van der Waals surface area contributed by atoms with Crippen molar-refractivity contribution in [1.29, 1.82) is 0 Å². The molecular formula is C14H23N3O4S. The highest BCUT2D eigenvalue weighted by molar-refractivity contribution is 7.88. The van der Waals surface area contributed by atoms with Gasteiger partial charge in [-0.3, -0.25) is 10.1 Å². The van der Waals surface area contributed by atoms with Gasteiger partial charge in [0.05, 0.1) is 10.7 Å². The maximum atomic E-state index is 12.3. The van der Waals surface area contributed by atoms with E-state index in [-0.39, 0.29) is 18.0 Å². The van der Waals surface area contributed by atoms with E-state index in [9.17, 15) is 18.5 Å². The molecule has 22 heavy (non-hydrogen) atoms. The minimum atomic E-state index is -3.58. The second-order valence-electron chi connectivity index (χ2n) is 6.15. The summed E-state index contributed by atoms with van der Waals surface area (Å²) in [5.41, 5.74) is 5.43. The molecule has 0 saturated heterocycles. The fraction of sp³-hybridized carbons (Fsp3) is 0.571. The van der Waals surface area contributed by atoms with Crippen LogP contribution in [0.5, 0.6) is 0 Å². The number of nitro benzene ring substituents is 1. The van der Waals surface area contributed by atoms with Crippen molar-refractivity contribution in [1.82, 2.24) is 4.72 Å². The molecule has 1 aromatic rings. The quantitative estimate of drug-likeness (QED) is 0.557. The molecule has 0 aliphatic carbocycles. The molecule has 7 nitrogen and oxygen atoms in total. The highest BCUT2D eigenvalue weighted by Gasteiger charge is 2.29. The zero-order valence-electron chi connectivity index (χ0n) is 13.1. The SMILES string of the molecule is CC(C)CC(C)(CN)NS(=O)(=O)Cc1ccc([N+](=O)[O-])cc1. The Morgan fingerprint density at radius 1 is 1.32 bits per heavy atom. The van der Waals surface area contributed by atoms with Gasteiger partial charge in [-0.25, -0.2) is 13.1 Å². The summed E-state index contributed by atoms with van der Waals surface area (Å²) in [6.45, 7) is 5.97. The van der Waals surface area contributed by atoms with E-state index in [1.54, 1.807) is 6.92 Å². The first-order chi connectivity index (χ1) is 10.1. The van der Waals surface area contributed by atoms with Gasteiger partial charge in [0.2, 0.25) is 10.0 Å². The molecule has 0 aromatic heterocycles. The topological polar surface area (TPSA) is 115 Å².